The molecule has 1 rings (SSSR count). The average molecular weight is 185 g/mol. The van der Waals surface area contributed by atoms with Gasteiger partial charge in [0.25, 0.3) is 0 Å². The topological polar surface area (TPSA) is 52.0 Å². The Morgan fingerprint density at radius 3 is 2.42 bits per heavy atom. The lowest BCUT2D eigenvalue weighted by Gasteiger charge is -2.09. The van der Waals surface area contributed by atoms with Gasteiger partial charge >= 0.3 is 0 Å². The van der Waals surface area contributed by atoms with Crippen molar-refractivity contribution in [3.63, 3.8) is 0 Å². The van der Waals surface area contributed by atoms with Gasteiger partial charge in [0.1, 0.15) is 0 Å². The zero-order valence-corrected chi connectivity index (χ0v) is 7.86. The Morgan fingerprint density at radius 1 is 1.25 bits per heavy atom. The lowest BCUT2D eigenvalue weighted by Crippen LogP contribution is -2.07. The minimum atomic E-state index is 0.451. The van der Waals surface area contributed by atoms with Gasteiger partial charge in [0.05, 0.1) is 0 Å². The number of nitrogens with two attached hydrogens (primary N) is 2. The third-order valence-electron chi connectivity index (χ3n) is 1.96. The number of rotatable bonds is 2. The monoisotopic (exact) mass is 184 g/mol. The summed E-state index contributed by atoms with van der Waals surface area (Å²) in [6.07, 6.45) is 0. The molecule has 1 aromatic rings. The van der Waals surface area contributed by atoms with Gasteiger partial charge in [0.2, 0.25) is 0 Å². The van der Waals surface area contributed by atoms with Crippen LogP contribution in [0.1, 0.15) is 16.7 Å². The summed E-state index contributed by atoms with van der Waals surface area (Å²) < 4.78 is 0. The van der Waals surface area contributed by atoms with Crippen molar-refractivity contribution in [2.45, 2.75) is 20.0 Å². The zero-order chi connectivity index (χ0) is 9.14. The molecule has 0 atom stereocenters. The van der Waals surface area contributed by atoms with E-state index >= 15 is 0 Å². The van der Waals surface area contributed by atoms with Gasteiger partial charge in [-0.1, -0.05) is 23.7 Å². The van der Waals surface area contributed by atoms with Crippen molar-refractivity contribution in [2.75, 3.05) is 0 Å². The third kappa shape index (κ3) is 1.61. The summed E-state index contributed by atoms with van der Waals surface area (Å²) in [4.78, 5) is 0. The van der Waals surface area contributed by atoms with Crippen LogP contribution in [0.15, 0.2) is 12.1 Å². The van der Waals surface area contributed by atoms with Crippen LogP contribution in [-0.4, -0.2) is 0 Å². The summed E-state index contributed by atoms with van der Waals surface area (Å²) in [7, 11) is 0. The molecule has 0 aliphatic heterocycles. The van der Waals surface area contributed by atoms with E-state index in [9.17, 15) is 0 Å². The van der Waals surface area contributed by atoms with Crippen LogP contribution in [0.3, 0.4) is 0 Å². The van der Waals surface area contributed by atoms with Gasteiger partial charge in [0.15, 0.2) is 0 Å². The molecule has 2 nitrogen and oxygen atoms in total. The molecule has 0 aromatic heterocycles. The molecular formula is C9H13ClN2. The second kappa shape index (κ2) is 3.90. The van der Waals surface area contributed by atoms with Crippen LogP contribution in [0.5, 0.6) is 0 Å². The smallest absolute Gasteiger partial charge is 0.0483 e. The molecule has 12 heavy (non-hydrogen) atoms. The van der Waals surface area contributed by atoms with E-state index in [0.29, 0.717) is 13.1 Å². The number of hydrogen-bond acceptors (Lipinski definition) is 2. The molecule has 0 heterocycles. The van der Waals surface area contributed by atoms with E-state index in [1.807, 2.05) is 19.1 Å². The van der Waals surface area contributed by atoms with Gasteiger partial charge in [-0.3, -0.25) is 0 Å². The van der Waals surface area contributed by atoms with E-state index in [1.54, 1.807) is 0 Å². The van der Waals surface area contributed by atoms with Crippen molar-refractivity contribution >= 4 is 11.6 Å². The van der Waals surface area contributed by atoms with E-state index in [1.165, 1.54) is 0 Å². The Hall–Kier alpha value is -0.570. The molecular weight excluding hydrogens is 172 g/mol. The van der Waals surface area contributed by atoms with E-state index in [2.05, 4.69) is 0 Å². The molecule has 0 bridgehead atoms. The van der Waals surface area contributed by atoms with Crippen LogP contribution in [0.25, 0.3) is 0 Å². The highest BCUT2D eigenvalue weighted by atomic mass is 35.5. The lowest BCUT2D eigenvalue weighted by molar-refractivity contribution is 0.976. The average Bonchev–Trinajstić information content (AvgIpc) is 2.09. The fourth-order valence-electron chi connectivity index (χ4n) is 1.19. The SMILES string of the molecule is Cc1ccc(CN)c(CN)c1Cl. The summed E-state index contributed by atoms with van der Waals surface area (Å²) in [6, 6.07) is 3.94. The van der Waals surface area contributed by atoms with Gasteiger partial charge in [-0.2, -0.15) is 0 Å². The molecule has 4 N–H and O–H groups in total. The summed E-state index contributed by atoms with van der Waals surface area (Å²) in [6.45, 7) is 2.90. The molecule has 0 radical (unpaired) electrons. The highest BCUT2D eigenvalue weighted by molar-refractivity contribution is 6.32. The molecule has 1 aromatic carbocycles. The highest BCUT2D eigenvalue weighted by Gasteiger charge is 2.05. The van der Waals surface area contributed by atoms with Gasteiger partial charge < -0.3 is 11.5 Å². The van der Waals surface area contributed by atoms with Crippen LogP contribution in [0.4, 0.5) is 0 Å². The Balaban J connectivity index is 3.25. The first-order chi connectivity index (χ1) is 5.70. The minimum absolute atomic E-state index is 0.451. The molecule has 0 aliphatic carbocycles. The Morgan fingerprint density at radius 2 is 1.92 bits per heavy atom. The molecule has 0 saturated heterocycles. The quantitative estimate of drug-likeness (QED) is 0.733. The summed E-state index contributed by atoms with van der Waals surface area (Å²) >= 11 is 6.04. The highest BCUT2D eigenvalue weighted by Crippen LogP contribution is 2.23. The van der Waals surface area contributed by atoms with E-state index in [0.717, 1.165) is 21.7 Å². The van der Waals surface area contributed by atoms with E-state index in [4.69, 9.17) is 23.1 Å². The number of benzene rings is 1. The second-order valence-corrected chi connectivity index (χ2v) is 3.12. The predicted octanol–water partition coefficient (Wildman–Crippen LogP) is 1.57. The maximum absolute atomic E-state index is 6.04. The van der Waals surface area contributed by atoms with Gasteiger partial charge in [0, 0.05) is 18.1 Å². The minimum Gasteiger partial charge on any atom is -0.326 e. The Kier molecular flexibility index (Phi) is 3.09. The molecule has 0 spiro atoms. The van der Waals surface area contributed by atoms with Crippen LogP contribution < -0.4 is 11.5 Å². The first-order valence-electron chi connectivity index (χ1n) is 3.87. The molecule has 0 saturated carbocycles. The van der Waals surface area contributed by atoms with Crippen LogP contribution >= 0.6 is 11.6 Å². The second-order valence-electron chi connectivity index (χ2n) is 2.74. The van der Waals surface area contributed by atoms with Gasteiger partial charge in [-0.25, -0.2) is 0 Å². The maximum atomic E-state index is 6.04. The van der Waals surface area contributed by atoms with Crippen molar-refractivity contribution in [2.24, 2.45) is 11.5 Å². The van der Waals surface area contributed by atoms with Crippen molar-refractivity contribution in [3.05, 3.63) is 33.8 Å². The van der Waals surface area contributed by atoms with Crippen LogP contribution in [-0.2, 0) is 13.1 Å². The van der Waals surface area contributed by atoms with Crippen molar-refractivity contribution in [3.8, 4) is 0 Å². The predicted molar refractivity (Wildman–Crippen MR) is 52.0 cm³/mol. The Bertz CT molecular complexity index is 284. The van der Waals surface area contributed by atoms with E-state index in [-0.39, 0.29) is 0 Å². The zero-order valence-electron chi connectivity index (χ0n) is 7.10. The van der Waals surface area contributed by atoms with Crippen molar-refractivity contribution in [1.82, 2.24) is 0 Å². The molecule has 0 fully saturated rings. The third-order valence-corrected chi connectivity index (χ3v) is 2.48. The fourth-order valence-corrected chi connectivity index (χ4v) is 1.45. The molecule has 0 amide bonds. The summed E-state index contributed by atoms with van der Waals surface area (Å²) in [5.74, 6) is 0. The fraction of sp³-hybridized carbons (Fsp3) is 0.333. The van der Waals surface area contributed by atoms with Crippen molar-refractivity contribution in [1.29, 1.82) is 0 Å². The maximum Gasteiger partial charge on any atom is 0.0483 e. The van der Waals surface area contributed by atoms with Crippen molar-refractivity contribution < 1.29 is 0 Å². The Labute approximate surface area is 77.5 Å². The molecule has 0 unspecified atom stereocenters. The van der Waals surface area contributed by atoms with Crippen LogP contribution in [0, 0.1) is 6.92 Å². The summed E-state index contributed by atoms with van der Waals surface area (Å²) in [5, 5.41) is 0.750. The normalized spacial score (nSPS) is 10.3. The molecule has 66 valence electrons. The first kappa shape index (κ1) is 9.52. The first-order valence-corrected chi connectivity index (χ1v) is 4.25. The summed E-state index contributed by atoms with van der Waals surface area (Å²) in [5.41, 5.74) is 14.1. The largest absolute Gasteiger partial charge is 0.326 e. The number of hydrogen-bond donors (Lipinski definition) is 2. The molecule has 0 aliphatic rings. The molecule has 3 heteroatoms. The number of aryl methyl sites for hydroxylation is 1. The van der Waals surface area contributed by atoms with E-state index < -0.39 is 0 Å². The standard InChI is InChI=1S/C9H13ClN2/c1-6-2-3-7(4-11)8(5-12)9(6)10/h2-3H,4-5,11-12H2,1H3. The van der Waals surface area contributed by atoms with Gasteiger partial charge in [-0.15, -0.1) is 0 Å². The lowest BCUT2D eigenvalue weighted by atomic mass is 10.0. The van der Waals surface area contributed by atoms with Gasteiger partial charge in [-0.05, 0) is 23.6 Å². The van der Waals surface area contributed by atoms with Crippen LogP contribution in [0.2, 0.25) is 5.02 Å². The number of halogens is 1.